The minimum absolute atomic E-state index is 0.0339. The highest BCUT2D eigenvalue weighted by Gasteiger charge is 2.46. The summed E-state index contributed by atoms with van der Waals surface area (Å²) in [5, 5.41) is 17.5. The Morgan fingerprint density at radius 1 is 0.861 bits per heavy atom. The van der Waals surface area contributed by atoms with Crippen LogP contribution in [-0.2, 0) is 27.3 Å². The fourth-order valence-electron chi connectivity index (χ4n) is 11.1. The number of Topliss-reactive ketones (excluding diaryl/α,β-unsaturated/α-hetero) is 2. The lowest BCUT2D eigenvalue weighted by Crippen LogP contribution is -2.52. The molecule has 5 heterocycles. The summed E-state index contributed by atoms with van der Waals surface area (Å²) in [6.07, 6.45) is 12.9. The van der Waals surface area contributed by atoms with Crippen molar-refractivity contribution in [2.45, 2.75) is 150 Å². The molecule has 16 heteroatoms. The Morgan fingerprint density at radius 3 is 2.24 bits per heavy atom. The Kier molecular flexibility index (Phi) is 17.1. The molecule has 0 spiro atoms. The summed E-state index contributed by atoms with van der Waals surface area (Å²) in [7, 11) is 0. The second-order valence-corrected chi connectivity index (χ2v) is 22.4. The fourth-order valence-corrected chi connectivity index (χ4v) is 11.9. The molecule has 5 aromatic rings. The second-order valence-electron chi connectivity index (χ2n) is 21.5. The Hall–Kier alpha value is -5.71. The van der Waals surface area contributed by atoms with Crippen molar-refractivity contribution < 1.29 is 24.3 Å². The highest BCUT2D eigenvalue weighted by molar-refractivity contribution is 7.13. The van der Waals surface area contributed by atoms with Crippen molar-refractivity contribution in [3.05, 3.63) is 98.6 Å². The zero-order valence-electron chi connectivity index (χ0n) is 43.0. The standard InChI is InChI=1S/C56H73N9O6S/c1-35-46-33-58-47(61-53(46)65(41-14-11-12-15-41)55(71)49(35)37(3)66)28-40-21-22-42(32-57-40)64-26-24-63(25-27-64)23-13-9-7-8-10-16-48(68)62-52(56(4,5)6)50(69)44-29-43(67)30-45(44)54(70)59-31-38-17-19-39(20-18-38)51-36(2)60-34-72-51/h17-22,32-34,41,43-45,52,67H,7-16,23-31H2,1-6H3,(H,59,70)(H,62,68)/t43-,44?,45+,52+/m0/s1. The maximum atomic E-state index is 14.1. The van der Waals surface area contributed by atoms with Gasteiger partial charge in [0.2, 0.25) is 11.8 Å². The van der Waals surface area contributed by atoms with E-state index in [9.17, 15) is 29.1 Å². The van der Waals surface area contributed by atoms with Crippen molar-refractivity contribution in [2.24, 2.45) is 17.3 Å². The average molecular weight is 1000 g/mol. The minimum atomic E-state index is -0.773. The number of nitrogens with one attached hydrogen (secondary N) is 2. The van der Waals surface area contributed by atoms with Gasteiger partial charge in [-0.3, -0.25) is 38.4 Å². The van der Waals surface area contributed by atoms with Gasteiger partial charge in [0.25, 0.3) is 5.56 Å². The van der Waals surface area contributed by atoms with Gasteiger partial charge >= 0.3 is 0 Å². The molecule has 2 saturated carbocycles. The van der Waals surface area contributed by atoms with Crippen LogP contribution in [0.25, 0.3) is 21.5 Å². The molecule has 0 bridgehead atoms. The van der Waals surface area contributed by atoms with Crippen molar-refractivity contribution >= 4 is 51.4 Å². The van der Waals surface area contributed by atoms with Crippen LogP contribution < -0.4 is 21.1 Å². The quantitative estimate of drug-likeness (QED) is 0.0502. The number of thiazole rings is 1. The van der Waals surface area contributed by atoms with E-state index in [1.54, 1.807) is 22.1 Å². The van der Waals surface area contributed by atoms with E-state index in [0.717, 1.165) is 129 Å². The number of fused-ring (bicyclic) bond motifs is 1. The predicted octanol–water partition coefficient (Wildman–Crippen LogP) is 8.10. The predicted molar refractivity (Wildman–Crippen MR) is 282 cm³/mol. The first kappa shape index (κ1) is 52.6. The van der Waals surface area contributed by atoms with Crippen molar-refractivity contribution in [3.63, 3.8) is 0 Å². The van der Waals surface area contributed by atoms with Crippen LogP contribution in [0, 0.1) is 31.1 Å². The third-order valence-corrected chi connectivity index (χ3v) is 16.2. The molecule has 3 fully saturated rings. The van der Waals surface area contributed by atoms with Gasteiger partial charge in [-0.05, 0) is 100 Å². The van der Waals surface area contributed by atoms with E-state index in [-0.39, 0.29) is 53.4 Å². The van der Waals surface area contributed by atoms with Crippen LogP contribution in [0.4, 0.5) is 5.69 Å². The number of aliphatic hydroxyl groups is 1. The van der Waals surface area contributed by atoms with Crippen LogP contribution in [0.2, 0.25) is 0 Å². The van der Waals surface area contributed by atoms with Gasteiger partial charge in [-0.15, -0.1) is 11.3 Å². The number of piperazine rings is 1. The molecule has 384 valence electrons. The highest BCUT2D eigenvalue weighted by Crippen LogP contribution is 2.37. The smallest absolute Gasteiger partial charge is 0.263 e. The monoisotopic (exact) mass is 1000 g/mol. The first-order valence-corrected chi connectivity index (χ1v) is 27.1. The lowest BCUT2D eigenvalue weighted by atomic mass is 9.77. The summed E-state index contributed by atoms with van der Waals surface area (Å²) < 4.78 is 1.76. The van der Waals surface area contributed by atoms with Crippen molar-refractivity contribution in [2.75, 3.05) is 37.6 Å². The maximum Gasteiger partial charge on any atom is 0.263 e. The van der Waals surface area contributed by atoms with E-state index in [4.69, 9.17) is 9.97 Å². The van der Waals surface area contributed by atoms with Crippen molar-refractivity contribution in [1.82, 2.24) is 40.0 Å². The van der Waals surface area contributed by atoms with E-state index in [1.165, 1.54) is 6.92 Å². The summed E-state index contributed by atoms with van der Waals surface area (Å²) in [5.41, 5.74) is 7.42. The minimum Gasteiger partial charge on any atom is -0.393 e. The lowest BCUT2D eigenvalue weighted by Gasteiger charge is -2.36. The molecule has 1 saturated heterocycles. The number of aliphatic hydroxyl groups excluding tert-OH is 1. The number of ketones is 2. The number of pyridine rings is 2. The number of aryl methyl sites for hydroxylation is 2. The zero-order chi connectivity index (χ0) is 51.1. The van der Waals surface area contributed by atoms with E-state index < -0.39 is 29.4 Å². The Morgan fingerprint density at radius 2 is 1.57 bits per heavy atom. The molecule has 4 aromatic heterocycles. The fraction of sp³-hybridized carbons (Fsp3) is 0.554. The van der Waals surface area contributed by atoms with Gasteiger partial charge in [0, 0.05) is 68.4 Å². The van der Waals surface area contributed by atoms with Crippen LogP contribution in [0.3, 0.4) is 0 Å². The number of hydrogen-bond acceptors (Lipinski definition) is 13. The first-order valence-electron chi connectivity index (χ1n) is 26.2. The summed E-state index contributed by atoms with van der Waals surface area (Å²) in [6, 6.07) is 11.4. The Labute approximate surface area is 427 Å². The molecule has 1 aromatic carbocycles. The first-order chi connectivity index (χ1) is 34.5. The molecule has 1 unspecified atom stereocenters. The molecule has 3 N–H and O–H groups in total. The molecule has 4 atom stereocenters. The van der Waals surface area contributed by atoms with Crippen molar-refractivity contribution in [1.29, 1.82) is 0 Å². The van der Waals surface area contributed by atoms with Gasteiger partial charge in [-0.1, -0.05) is 77.1 Å². The highest BCUT2D eigenvalue weighted by atomic mass is 32.1. The van der Waals surface area contributed by atoms with Gasteiger partial charge in [0.05, 0.1) is 58.0 Å². The van der Waals surface area contributed by atoms with Gasteiger partial charge in [0.15, 0.2) is 11.6 Å². The maximum absolute atomic E-state index is 14.1. The number of carbonyl (C=O) groups is 4. The number of anilines is 1. The van der Waals surface area contributed by atoms with Crippen LogP contribution >= 0.6 is 11.3 Å². The molecular weight excluding hydrogens is 927 g/mol. The lowest BCUT2D eigenvalue weighted by molar-refractivity contribution is -0.137. The molecule has 3 aliphatic rings. The summed E-state index contributed by atoms with van der Waals surface area (Å²) in [5.74, 6) is -1.58. The van der Waals surface area contributed by atoms with Gasteiger partial charge in [0.1, 0.15) is 11.5 Å². The number of amides is 2. The molecule has 2 aliphatic carbocycles. The van der Waals surface area contributed by atoms with Gasteiger partial charge in [-0.2, -0.15) is 0 Å². The van der Waals surface area contributed by atoms with Crippen LogP contribution in [0.1, 0.15) is 149 Å². The van der Waals surface area contributed by atoms with E-state index in [2.05, 4.69) is 36.5 Å². The number of carbonyl (C=O) groups excluding carboxylic acids is 4. The molecule has 15 nitrogen and oxygen atoms in total. The van der Waals surface area contributed by atoms with Crippen molar-refractivity contribution in [3.8, 4) is 10.4 Å². The normalized spacial score (nSPS) is 19.2. The topological polar surface area (TPSA) is 193 Å². The zero-order valence-corrected chi connectivity index (χ0v) is 43.9. The van der Waals surface area contributed by atoms with Gasteiger partial charge < -0.3 is 20.6 Å². The molecule has 72 heavy (non-hydrogen) atoms. The molecule has 0 radical (unpaired) electrons. The number of hydrogen-bond donors (Lipinski definition) is 3. The van der Waals surface area contributed by atoms with Crippen LogP contribution in [-0.4, -0.2) is 103 Å². The number of rotatable bonds is 20. The van der Waals surface area contributed by atoms with E-state index in [0.29, 0.717) is 36.4 Å². The number of benzene rings is 1. The van der Waals surface area contributed by atoms with E-state index >= 15 is 0 Å². The Balaban J connectivity index is 0.732. The molecule has 2 amide bonds. The second kappa shape index (κ2) is 23.4. The van der Waals surface area contributed by atoms with Gasteiger partial charge in [-0.25, -0.2) is 15.0 Å². The average Bonchev–Trinajstić information content (AvgIpc) is 4.14. The summed E-state index contributed by atoms with van der Waals surface area (Å²) >= 11 is 1.59. The van der Waals surface area contributed by atoms with Crippen LogP contribution in [0.5, 0.6) is 0 Å². The molecular formula is C56H73N9O6S. The number of aromatic nitrogens is 5. The largest absolute Gasteiger partial charge is 0.393 e. The molecule has 1 aliphatic heterocycles. The number of unbranched alkanes of at least 4 members (excludes halogenated alkanes) is 4. The molecule has 8 rings (SSSR count). The summed E-state index contributed by atoms with van der Waals surface area (Å²) in [4.78, 5) is 91.8. The number of nitrogens with zero attached hydrogens (tertiary/aromatic N) is 7. The Bertz CT molecular complexity index is 2770. The summed E-state index contributed by atoms with van der Waals surface area (Å²) in [6.45, 7) is 16.2. The van der Waals surface area contributed by atoms with E-state index in [1.807, 2.05) is 76.7 Å². The third-order valence-electron chi connectivity index (χ3n) is 15.2. The van der Waals surface area contributed by atoms with Crippen LogP contribution in [0.15, 0.2) is 59.1 Å². The SMILES string of the molecule is CC(=O)c1c(C)c2cnc(Cc3ccc(N4CCN(CCCCCCCC(=O)N[C@H](C(=O)C5C[C@H](O)C[C@H]5C(=O)NCc5ccc(-c6scnc6C)cc5)C(C)(C)C)CC4)cn3)nc2n(C2CCCC2)c1=O. The third kappa shape index (κ3) is 12.5.